The van der Waals surface area contributed by atoms with Crippen LogP contribution in [0.1, 0.15) is 23.0 Å². The van der Waals surface area contributed by atoms with Crippen molar-refractivity contribution < 1.29 is 29.1 Å². The molecule has 0 unspecified atom stereocenters. The Morgan fingerprint density at radius 3 is 2.69 bits per heavy atom. The van der Waals surface area contributed by atoms with E-state index in [1.54, 1.807) is 10.9 Å². The molecule has 1 atom stereocenters. The van der Waals surface area contributed by atoms with E-state index >= 15 is 0 Å². The van der Waals surface area contributed by atoms with Gasteiger partial charge in [-0.05, 0) is 6.92 Å². The number of carbonyl (C=O) groups is 2. The molecule has 2 N–H and O–H groups in total. The number of thiazole rings is 1. The summed E-state index contributed by atoms with van der Waals surface area (Å²) in [6.07, 6.45) is 0. The van der Waals surface area contributed by atoms with Gasteiger partial charge < -0.3 is 19.9 Å². The lowest BCUT2D eigenvalue weighted by Crippen LogP contribution is -2.38. The molecule has 10 nitrogen and oxygen atoms in total. The maximum Gasteiger partial charge on any atom is 0.325 e. The number of aliphatic carboxylic acids is 1. The molecule has 138 valence electrons. The number of nitro groups is 1. The summed E-state index contributed by atoms with van der Waals surface area (Å²) in [6.45, 7) is 1.31. The highest BCUT2D eigenvalue weighted by Crippen LogP contribution is 2.35. The van der Waals surface area contributed by atoms with Gasteiger partial charge in [-0.25, -0.2) is 4.98 Å². The number of hydrogen-bond acceptors (Lipinski definition) is 8. The fraction of sp³-hybridized carbons (Fsp3) is 0.267. The molecule has 1 amide bonds. The highest BCUT2D eigenvalue weighted by molar-refractivity contribution is 7.07. The minimum atomic E-state index is -1.27. The van der Waals surface area contributed by atoms with Crippen LogP contribution < -0.4 is 14.8 Å². The summed E-state index contributed by atoms with van der Waals surface area (Å²) in [4.78, 5) is 37.7. The van der Waals surface area contributed by atoms with Crippen molar-refractivity contribution in [3.8, 4) is 11.5 Å². The van der Waals surface area contributed by atoms with Gasteiger partial charge in [0.2, 0.25) is 0 Å². The monoisotopic (exact) mass is 381 g/mol. The van der Waals surface area contributed by atoms with E-state index in [-0.39, 0.29) is 23.7 Å². The Morgan fingerprint density at radius 1 is 1.42 bits per heavy atom. The molecule has 1 aromatic carbocycles. The first-order valence-electron chi connectivity index (χ1n) is 7.23. The van der Waals surface area contributed by atoms with Crippen LogP contribution in [0.25, 0.3) is 0 Å². The highest BCUT2D eigenvalue weighted by atomic mass is 32.1. The molecule has 26 heavy (non-hydrogen) atoms. The summed E-state index contributed by atoms with van der Waals surface area (Å²) in [5.41, 5.74) is 1.39. The number of benzene rings is 1. The molecule has 0 aliphatic rings. The number of ether oxygens (including phenoxy) is 2. The fourth-order valence-electron chi connectivity index (χ4n) is 1.95. The van der Waals surface area contributed by atoms with Gasteiger partial charge >= 0.3 is 5.97 Å². The normalized spacial score (nSPS) is 11.5. The van der Waals surface area contributed by atoms with Crippen LogP contribution in [-0.2, 0) is 11.4 Å². The van der Waals surface area contributed by atoms with Crippen LogP contribution in [0.15, 0.2) is 23.0 Å². The van der Waals surface area contributed by atoms with E-state index in [9.17, 15) is 19.7 Å². The predicted octanol–water partition coefficient (Wildman–Crippen LogP) is 1.84. The summed E-state index contributed by atoms with van der Waals surface area (Å²) >= 11 is 1.38. The van der Waals surface area contributed by atoms with Gasteiger partial charge in [0.25, 0.3) is 11.6 Å². The zero-order chi connectivity index (χ0) is 19.3. The van der Waals surface area contributed by atoms with Crippen LogP contribution >= 0.6 is 11.3 Å². The molecule has 1 aromatic heterocycles. The highest BCUT2D eigenvalue weighted by Gasteiger charge is 2.26. The molecule has 0 aliphatic heterocycles. The van der Waals surface area contributed by atoms with Crippen molar-refractivity contribution in [2.45, 2.75) is 19.6 Å². The first-order chi connectivity index (χ1) is 12.3. The van der Waals surface area contributed by atoms with Gasteiger partial charge in [0.1, 0.15) is 18.2 Å². The molecule has 0 saturated carbocycles. The first-order valence-corrected chi connectivity index (χ1v) is 8.17. The summed E-state index contributed by atoms with van der Waals surface area (Å²) in [7, 11) is 1.32. The van der Waals surface area contributed by atoms with Crippen LogP contribution in [0.2, 0.25) is 0 Å². The standard InChI is InChI=1S/C15H15N3O7S/c1-8(15(20)21)17-14(19)10-3-12(24-2)13(4-11(10)18(22)23)25-5-9-6-26-7-16-9/h3-4,6-8H,5H2,1-2H3,(H,17,19)(H,20,21)/t8-/m1/s1. The molecule has 0 saturated heterocycles. The van der Waals surface area contributed by atoms with Crippen LogP contribution in [0.4, 0.5) is 5.69 Å². The molecule has 0 fully saturated rings. The third-order valence-corrected chi connectivity index (χ3v) is 3.94. The number of aromatic nitrogens is 1. The third-order valence-electron chi connectivity index (χ3n) is 3.30. The van der Waals surface area contributed by atoms with E-state index in [4.69, 9.17) is 14.6 Å². The van der Waals surface area contributed by atoms with E-state index in [1.807, 2.05) is 0 Å². The number of nitrogens with zero attached hydrogens (tertiary/aromatic N) is 2. The molecule has 1 heterocycles. The number of amides is 1. The molecule has 2 rings (SSSR count). The smallest absolute Gasteiger partial charge is 0.325 e. The molecular weight excluding hydrogens is 366 g/mol. The van der Waals surface area contributed by atoms with Crippen LogP contribution in [0.5, 0.6) is 11.5 Å². The lowest BCUT2D eigenvalue weighted by atomic mass is 10.1. The molecule has 0 spiro atoms. The minimum absolute atomic E-state index is 0.0648. The number of carboxylic acids is 1. The Labute approximate surface area is 151 Å². The maximum absolute atomic E-state index is 12.2. The predicted molar refractivity (Wildman–Crippen MR) is 90.7 cm³/mol. The molecule has 2 aromatic rings. The second-order valence-electron chi connectivity index (χ2n) is 5.08. The van der Waals surface area contributed by atoms with Gasteiger partial charge in [-0.3, -0.25) is 19.7 Å². The van der Waals surface area contributed by atoms with Crippen molar-refractivity contribution in [3.63, 3.8) is 0 Å². The third kappa shape index (κ3) is 4.45. The molecule has 11 heteroatoms. The van der Waals surface area contributed by atoms with Gasteiger partial charge in [-0.2, -0.15) is 0 Å². The van der Waals surface area contributed by atoms with E-state index in [0.29, 0.717) is 5.69 Å². The Balaban J connectivity index is 2.34. The molecular formula is C15H15N3O7S. The Bertz CT molecular complexity index is 823. The average Bonchev–Trinajstić information content (AvgIpc) is 3.12. The minimum Gasteiger partial charge on any atom is -0.493 e. The van der Waals surface area contributed by atoms with Crippen molar-refractivity contribution in [3.05, 3.63) is 44.4 Å². The van der Waals surface area contributed by atoms with Crippen LogP contribution in [-0.4, -0.2) is 40.0 Å². The van der Waals surface area contributed by atoms with Gasteiger partial charge in [-0.1, -0.05) is 0 Å². The van der Waals surface area contributed by atoms with E-state index in [1.165, 1.54) is 25.4 Å². The SMILES string of the molecule is COc1cc(C(=O)N[C@H](C)C(=O)O)c([N+](=O)[O-])cc1OCc1cscn1. The Kier molecular flexibility index (Phi) is 6.07. The first kappa shape index (κ1) is 19.1. The number of carbonyl (C=O) groups excluding carboxylic acids is 1. The average molecular weight is 381 g/mol. The Morgan fingerprint density at radius 2 is 2.15 bits per heavy atom. The van der Waals surface area contributed by atoms with Crippen LogP contribution in [0.3, 0.4) is 0 Å². The summed E-state index contributed by atoms with van der Waals surface area (Å²) in [5.74, 6) is -2.01. The van der Waals surface area contributed by atoms with Crippen molar-refractivity contribution in [2.75, 3.05) is 7.11 Å². The fourth-order valence-corrected chi connectivity index (χ4v) is 2.49. The van der Waals surface area contributed by atoms with Gasteiger partial charge in [0.05, 0.1) is 29.3 Å². The van der Waals surface area contributed by atoms with E-state index in [0.717, 1.165) is 12.1 Å². The summed E-state index contributed by atoms with van der Waals surface area (Å²) in [6, 6.07) is 0.984. The zero-order valence-corrected chi connectivity index (χ0v) is 14.6. The molecule has 0 bridgehead atoms. The lowest BCUT2D eigenvalue weighted by Gasteiger charge is -2.13. The topological polar surface area (TPSA) is 141 Å². The van der Waals surface area contributed by atoms with Crippen molar-refractivity contribution >= 4 is 28.9 Å². The number of rotatable bonds is 8. The van der Waals surface area contributed by atoms with Gasteiger partial charge in [0.15, 0.2) is 11.5 Å². The lowest BCUT2D eigenvalue weighted by molar-refractivity contribution is -0.385. The zero-order valence-electron chi connectivity index (χ0n) is 13.8. The van der Waals surface area contributed by atoms with E-state index in [2.05, 4.69) is 10.3 Å². The number of methoxy groups -OCH3 is 1. The van der Waals surface area contributed by atoms with Crippen molar-refractivity contribution in [1.82, 2.24) is 10.3 Å². The van der Waals surface area contributed by atoms with Crippen molar-refractivity contribution in [1.29, 1.82) is 0 Å². The number of hydrogen-bond donors (Lipinski definition) is 2. The molecule has 0 radical (unpaired) electrons. The number of nitrogens with one attached hydrogen (secondary N) is 1. The summed E-state index contributed by atoms with van der Waals surface area (Å²) in [5, 5.41) is 24.1. The van der Waals surface area contributed by atoms with E-state index < -0.39 is 28.5 Å². The Hall–Kier alpha value is -3.21. The van der Waals surface area contributed by atoms with Gasteiger partial charge in [-0.15, -0.1) is 11.3 Å². The van der Waals surface area contributed by atoms with Crippen molar-refractivity contribution in [2.24, 2.45) is 0 Å². The second kappa shape index (κ2) is 8.25. The molecule has 0 aliphatic carbocycles. The quantitative estimate of drug-likeness (QED) is 0.521. The largest absolute Gasteiger partial charge is 0.493 e. The number of carboxylic acid groups (broad SMARTS) is 1. The second-order valence-corrected chi connectivity index (χ2v) is 5.80. The summed E-state index contributed by atoms with van der Waals surface area (Å²) < 4.78 is 10.6. The van der Waals surface area contributed by atoms with Gasteiger partial charge in [0, 0.05) is 11.4 Å². The van der Waals surface area contributed by atoms with Crippen LogP contribution in [0, 0.1) is 10.1 Å². The maximum atomic E-state index is 12.2. The number of nitro benzene ring substituents is 1.